The number of benzene rings is 1. The van der Waals surface area contributed by atoms with Crippen molar-refractivity contribution in [1.29, 1.82) is 0 Å². The Morgan fingerprint density at radius 2 is 2.11 bits per heavy atom. The fourth-order valence-corrected chi connectivity index (χ4v) is 3.15. The second kappa shape index (κ2) is 5.47. The van der Waals surface area contributed by atoms with Gasteiger partial charge in [0.25, 0.3) is 0 Å². The van der Waals surface area contributed by atoms with Gasteiger partial charge in [-0.25, -0.2) is 13.1 Å². The number of nitrogen functional groups attached to an aromatic ring is 1. The maximum Gasteiger partial charge on any atom is 0.240 e. The number of hydrogen-bond acceptors (Lipinski definition) is 3. The van der Waals surface area contributed by atoms with Crippen molar-refractivity contribution in [1.82, 2.24) is 4.72 Å². The molecule has 0 aromatic heterocycles. The minimum atomic E-state index is -3.47. The van der Waals surface area contributed by atoms with Crippen LogP contribution in [0.25, 0.3) is 0 Å². The summed E-state index contributed by atoms with van der Waals surface area (Å²) in [6.07, 6.45) is 4.61. The van der Waals surface area contributed by atoms with Gasteiger partial charge in [0.2, 0.25) is 10.0 Å². The molecule has 1 aliphatic carbocycles. The largest absolute Gasteiger partial charge is 0.397 e. The van der Waals surface area contributed by atoms with E-state index in [1.807, 2.05) is 0 Å². The molecule has 0 saturated heterocycles. The van der Waals surface area contributed by atoms with E-state index in [1.165, 1.54) is 37.5 Å². The van der Waals surface area contributed by atoms with Crippen LogP contribution >= 0.6 is 11.6 Å². The van der Waals surface area contributed by atoms with E-state index < -0.39 is 10.0 Å². The van der Waals surface area contributed by atoms with Gasteiger partial charge in [-0.1, -0.05) is 30.9 Å². The van der Waals surface area contributed by atoms with Crippen molar-refractivity contribution in [3.63, 3.8) is 0 Å². The lowest BCUT2D eigenvalue weighted by Crippen LogP contribution is -2.27. The highest BCUT2D eigenvalue weighted by Gasteiger charge is 2.19. The van der Waals surface area contributed by atoms with E-state index in [4.69, 9.17) is 17.3 Å². The van der Waals surface area contributed by atoms with Gasteiger partial charge in [-0.05, 0) is 30.5 Å². The highest BCUT2D eigenvalue weighted by atomic mass is 35.5. The van der Waals surface area contributed by atoms with Gasteiger partial charge in [-0.15, -0.1) is 0 Å². The first-order valence-corrected chi connectivity index (χ1v) is 7.90. The fraction of sp³-hybridized carbons (Fsp3) is 0.500. The molecule has 0 radical (unpaired) electrons. The molecule has 1 aromatic rings. The summed E-state index contributed by atoms with van der Waals surface area (Å²) in [5.41, 5.74) is 5.88. The summed E-state index contributed by atoms with van der Waals surface area (Å²) in [6.45, 7) is 0.482. The Morgan fingerprint density at radius 3 is 2.67 bits per heavy atom. The summed E-state index contributed by atoms with van der Waals surface area (Å²) >= 11 is 5.76. The van der Waals surface area contributed by atoms with E-state index in [9.17, 15) is 8.42 Å². The van der Waals surface area contributed by atoms with Crippen LogP contribution in [-0.4, -0.2) is 15.0 Å². The van der Waals surface area contributed by atoms with Crippen LogP contribution in [0.2, 0.25) is 5.02 Å². The molecule has 0 aliphatic heterocycles. The molecule has 100 valence electrons. The topological polar surface area (TPSA) is 72.2 Å². The Bertz CT molecular complexity index is 527. The molecule has 1 fully saturated rings. The van der Waals surface area contributed by atoms with Crippen LogP contribution in [-0.2, 0) is 10.0 Å². The minimum Gasteiger partial charge on any atom is -0.397 e. The molecule has 0 spiro atoms. The summed E-state index contributed by atoms with van der Waals surface area (Å²) in [4.78, 5) is 0.165. The first kappa shape index (κ1) is 13.6. The molecule has 1 aromatic carbocycles. The molecule has 0 bridgehead atoms. The predicted molar refractivity (Wildman–Crippen MR) is 73.0 cm³/mol. The van der Waals surface area contributed by atoms with Crippen LogP contribution in [0.4, 0.5) is 5.69 Å². The summed E-state index contributed by atoms with van der Waals surface area (Å²) < 4.78 is 26.5. The maximum absolute atomic E-state index is 12.0. The molecule has 2 rings (SSSR count). The van der Waals surface area contributed by atoms with E-state index in [0.717, 1.165) is 6.42 Å². The third-order valence-electron chi connectivity index (χ3n) is 3.35. The van der Waals surface area contributed by atoms with Gasteiger partial charge in [0, 0.05) is 6.54 Å². The lowest BCUT2D eigenvalue weighted by atomic mass is 9.83. The molecule has 3 N–H and O–H groups in total. The predicted octanol–water partition coefficient (Wildman–Crippen LogP) is 2.39. The standard InChI is InChI=1S/C12H17ClN2O2S/c13-11-5-4-10(8-12(11)14)18(16,17)15-7-6-9-2-1-3-9/h4-5,8-9,15H,1-3,6-7,14H2. The van der Waals surface area contributed by atoms with Gasteiger partial charge >= 0.3 is 0 Å². The SMILES string of the molecule is Nc1cc(S(=O)(=O)NCCC2CCC2)ccc1Cl. The van der Waals surface area contributed by atoms with Gasteiger partial charge in [0.15, 0.2) is 0 Å². The van der Waals surface area contributed by atoms with E-state index >= 15 is 0 Å². The molecule has 0 heterocycles. The Balaban J connectivity index is 1.98. The van der Waals surface area contributed by atoms with Gasteiger partial charge in [-0.2, -0.15) is 0 Å². The molecule has 1 aliphatic rings. The second-order valence-electron chi connectivity index (χ2n) is 4.67. The number of hydrogen-bond donors (Lipinski definition) is 2. The van der Waals surface area contributed by atoms with Crippen LogP contribution in [0.3, 0.4) is 0 Å². The Labute approximate surface area is 113 Å². The highest BCUT2D eigenvalue weighted by Crippen LogP contribution is 2.29. The molecular formula is C12H17ClN2O2S. The Hall–Kier alpha value is -0.780. The van der Waals surface area contributed by atoms with E-state index in [-0.39, 0.29) is 10.6 Å². The molecule has 4 nitrogen and oxygen atoms in total. The monoisotopic (exact) mass is 288 g/mol. The molecule has 1 saturated carbocycles. The summed E-state index contributed by atoms with van der Waals surface area (Å²) in [6, 6.07) is 4.34. The molecule has 0 unspecified atom stereocenters. The smallest absolute Gasteiger partial charge is 0.240 e. The highest BCUT2D eigenvalue weighted by molar-refractivity contribution is 7.89. The van der Waals surface area contributed by atoms with Crippen molar-refractivity contribution in [2.75, 3.05) is 12.3 Å². The first-order chi connectivity index (χ1) is 8.49. The normalized spacial score (nSPS) is 16.5. The fourth-order valence-electron chi connectivity index (χ4n) is 1.95. The van der Waals surface area contributed by atoms with Crippen LogP contribution in [0.5, 0.6) is 0 Å². The van der Waals surface area contributed by atoms with Gasteiger partial charge < -0.3 is 5.73 Å². The van der Waals surface area contributed by atoms with Crippen LogP contribution < -0.4 is 10.5 Å². The van der Waals surface area contributed by atoms with Crippen LogP contribution in [0, 0.1) is 5.92 Å². The number of nitrogens with two attached hydrogens (primary N) is 1. The van der Waals surface area contributed by atoms with Crippen molar-refractivity contribution in [2.24, 2.45) is 5.92 Å². The summed E-state index contributed by atoms with van der Waals surface area (Å²) in [5.74, 6) is 0.683. The number of rotatable bonds is 5. The van der Waals surface area contributed by atoms with E-state index in [2.05, 4.69) is 4.72 Å². The summed E-state index contributed by atoms with van der Waals surface area (Å²) in [5, 5.41) is 0.364. The number of sulfonamides is 1. The number of nitrogens with one attached hydrogen (secondary N) is 1. The first-order valence-electron chi connectivity index (χ1n) is 6.04. The van der Waals surface area contributed by atoms with Gasteiger partial charge in [0.05, 0.1) is 15.6 Å². The van der Waals surface area contributed by atoms with Gasteiger partial charge in [0.1, 0.15) is 0 Å². The van der Waals surface area contributed by atoms with Crippen molar-refractivity contribution in [2.45, 2.75) is 30.6 Å². The maximum atomic E-state index is 12.0. The van der Waals surface area contributed by atoms with Crippen molar-refractivity contribution >= 4 is 27.3 Å². The lowest BCUT2D eigenvalue weighted by Gasteiger charge is -2.25. The Kier molecular flexibility index (Phi) is 4.14. The third kappa shape index (κ3) is 3.16. The van der Waals surface area contributed by atoms with Crippen molar-refractivity contribution in [3.8, 4) is 0 Å². The van der Waals surface area contributed by atoms with Crippen LogP contribution in [0.1, 0.15) is 25.7 Å². The number of halogens is 1. The lowest BCUT2D eigenvalue weighted by molar-refractivity contribution is 0.297. The molecule has 6 heteroatoms. The van der Waals surface area contributed by atoms with Crippen LogP contribution in [0.15, 0.2) is 23.1 Å². The van der Waals surface area contributed by atoms with Crippen molar-refractivity contribution in [3.05, 3.63) is 23.2 Å². The Morgan fingerprint density at radius 1 is 1.39 bits per heavy atom. The zero-order valence-electron chi connectivity index (χ0n) is 10.0. The van der Waals surface area contributed by atoms with E-state index in [0.29, 0.717) is 17.5 Å². The summed E-state index contributed by atoms with van der Waals surface area (Å²) in [7, 11) is -3.47. The minimum absolute atomic E-state index is 0.165. The second-order valence-corrected chi connectivity index (χ2v) is 6.84. The molecule has 18 heavy (non-hydrogen) atoms. The average molecular weight is 289 g/mol. The van der Waals surface area contributed by atoms with Gasteiger partial charge in [-0.3, -0.25) is 0 Å². The average Bonchev–Trinajstić information content (AvgIpc) is 2.25. The zero-order valence-corrected chi connectivity index (χ0v) is 11.6. The molecule has 0 amide bonds. The molecular weight excluding hydrogens is 272 g/mol. The number of anilines is 1. The van der Waals surface area contributed by atoms with E-state index in [1.54, 1.807) is 0 Å². The van der Waals surface area contributed by atoms with Crippen molar-refractivity contribution < 1.29 is 8.42 Å². The quantitative estimate of drug-likeness (QED) is 0.817. The zero-order chi connectivity index (χ0) is 13.2. The molecule has 0 atom stereocenters. The third-order valence-corrected chi connectivity index (χ3v) is 5.15.